The first kappa shape index (κ1) is 12.7. The molecule has 0 aromatic heterocycles. The van der Waals surface area contributed by atoms with Crippen LogP contribution in [-0.4, -0.2) is 30.8 Å². The molecule has 0 amide bonds. The highest BCUT2D eigenvalue weighted by molar-refractivity contribution is 5.90. The minimum Gasteiger partial charge on any atom is -0.478 e. The predicted octanol–water partition coefficient (Wildman–Crippen LogP) is 1.81. The number of nitrogens with one attached hydrogen (secondary N) is 1. The van der Waals surface area contributed by atoms with E-state index >= 15 is 0 Å². The van der Waals surface area contributed by atoms with Crippen LogP contribution in [-0.2, 0) is 4.74 Å². The molecule has 0 bridgehead atoms. The first-order valence-corrected chi connectivity index (χ1v) is 6.11. The Hall–Kier alpha value is -1.75. The van der Waals surface area contributed by atoms with E-state index in [0.29, 0.717) is 11.6 Å². The number of carboxylic acids is 1. The fraction of sp³-hybridized carbons (Fsp3) is 0.462. The Morgan fingerprint density at radius 2 is 2.39 bits per heavy atom. The molecule has 1 aliphatic heterocycles. The normalized spacial score (nSPS) is 19.4. The highest BCUT2D eigenvalue weighted by Gasteiger charge is 2.14. The second-order valence-electron chi connectivity index (χ2n) is 4.57. The van der Waals surface area contributed by atoms with E-state index in [1.807, 2.05) is 0 Å². The molecule has 0 spiro atoms. The number of anilines is 2. The summed E-state index contributed by atoms with van der Waals surface area (Å²) in [6.07, 6.45) is 2.25. The second-order valence-corrected chi connectivity index (χ2v) is 4.57. The van der Waals surface area contributed by atoms with E-state index in [1.54, 1.807) is 12.1 Å². The van der Waals surface area contributed by atoms with Gasteiger partial charge >= 0.3 is 5.97 Å². The van der Waals surface area contributed by atoms with Crippen LogP contribution in [0.3, 0.4) is 0 Å². The van der Waals surface area contributed by atoms with Crippen molar-refractivity contribution >= 4 is 17.3 Å². The lowest BCUT2D eigenvalue weighted by molar-refractivity contribution is 0.0595. The summed E-state index contributed by atoms with van der Waals surface area (Å²) in [5.74, 6) is -0.466. The van der Waals surface area contributed by atoms with Gasteiger partial charge in [0.2, 0.25) is 0 Å². The average molecular weight is 250 g/mol. The number of carboxylic acid groups (broad SMARTS) is 1. The summed E-state index contributed by atoms with van der Waals surface area (Å²) in [7, 11) is 0. The van der Waals surface area contributed by atoms with Crippen LogP contribution in [0.1, 0.15) is 23.2 Å². The fourth-order valence-corrected chi connectivity index (χ4v) is 2.08. The zero-order chi connectivity index (χ0) is 13.0. The van der Waals surface area contributed by atoms with Crippen LogP contribution in [0.2, 0.25) is 0 Å². The van der Waals surface area contributed by atoms with Crippen molar-refractivity contribution in [1.82, 2.24) is 0 Å². The molecule has 1 saturated heterocycles. The first-order valence-electron chi connectivity index (χ1n) is 6.11. The Morgan fingerprint density at radius 1 is 1.56 bits per heavy atom. The van der Waals surface area contributed by atoms with Crippen LogP contribution in [0.5, 0.6) is 0 Å². The van der Waals surface area contributed by atoms with Crippen molar-refractivity contribution in [3.8, 4) is 0 Å². The number of hydrogen-bond donors (Lipinski definition) is 3. The molecule has 0 aliphatic carbocycles. The zero-order valence-corrected chi connectivity index (χ0v) is 10.2. The van der Waals surface area contributed by atoms with Gasteiger partial charge in [0.1, 0.15) is 0 Å². The van der Waals surface area contributed by atoms with Crippen molar-refractivity contribution in [1.29, 1.82) is 0 Å². The number of aromatic carboxylic acids is 1. The molecular formula is C13H18N2O3. The third-order valence-electron chi connectivity index (χ3n) is 3.13. The molecule has 1 fully saturated rings. The molecule has 2 rings (SSSR count). The summed E-state index contributed by atoms with van der Waals surface area (Å²) in [6.45, 7) is 2.43. The summed E-state index contributed by atoms with van der Waals surface area (Å²) >= 11 is 0. The molecule has 1 aliphatic rings. The van der Waals surface area contributed by atoms with E-state index in [9.17, 15) is 4.79 Å². The number of ether oxygens (including phenoxy) is 1. The molecule has 0 radical (unpaired) electrons. The molecule has 5 nitrogen and oxygen atoms in total. The lowest BCUT2D eigenvalue weighted by Crippen LogP contribution is -2.24. The van der Waals surface area contributed by atoms with Gasteiger partial charge in [-0.25, -0.2) is 4.79 Å². The summed E-state index contributed by atoms with van der Waals surface area (Å²) in [5.41, 5.74) is 7.27. The lowest BCUT2D eigenvalue weighted by atomic mass is 10.0. The molecule has 98 valence electrons. The second kappa shape index (κ2) is 5.73. The van der Waals surface area contributed by atoms with Crippen LogP contribution < -0.4 is 11.1 Å². The van der Waals surface area contributed by atoms with E-state index in [1.165, 1.54) is 6.07 Å². The van der Waals surface area contributed by atoms with E-state index in [-0.39, 0.29) is 5.56 Å². The Bertz CT molecular complexity index is 428. The number of nitrogens with two attached hydrogens (primary N) is 1. The van der Waals surface area contributed by atoms with Crippen LogP contribution in [0.25, 0.3) is 0 Å². The van der Waals surface area contributed by atoms with E-state index < -0.39 is 5.97 Å². The number of rotatable bonds is 4. The van der Waals surface area contributed by atoms with Crippen molar-refractivity contribution in [3.05, 3.63) is 23.8 Å². The largest absolute Gasteiger partial charge is 0.478 e. The number of hydrogen-bond acceptors (Lipinski definition) is 4. The van der Waals surface area contributed by atoms with Crippen LogP contribution in [0, 0.1) is 5.92 Å². The molecule has 0 saturated carbocycles. The molecule has 1 unspecified atom stereocenters. The topological polar surface area (TPSA) is 84.6 Å². The van der Waals surface area contributed by atoms with E-state index in [4.69, 9.17) is 15.6 Å². The van der Waals surface area contributed by atoms with E-state index in [0.717, 1.165) is 38.3 Å². The molecular weight excluding hydrogens is 232 g/mol. The average Bonchev–Trinajstić information content (AvgIpc) is 2.38. The van der Waals surface area contributed by atoms with Gasteiger partial charge in [-0.15, -0.1) is 0 Å². The zero-order valence-electron chi connectivity index (χ0n) is 10.2. The van der Waals surface area contributed by atoms with Gasteiger partial charge in [-0.1, -0.05) is 0 Å². The molecule has 1 atom stereocenters. The highest BCUT2D eigenvalue weighted by atomic mass is 16.5. The van der Waals surface area contributed by atoms with Crippen molar-refractivity contribution in [2.75, 3.05) is 30.8 Å². The molecule has 1 heterocycles. The third-order valence-corrected chi connectivity index (χ3v) is 3.13. The van der Waals surface area contributed by atoms with Crippen molar-refractivity contribution in [2.45, 2.75) is 12.8 Å². The number of carbonyl (C=O) groups is 1. The minimum absolute atomic E-state index is 0.207. The summed E-state index contributed by atoms with van der Waals surface area (Å²) in [5, 5.41) is 12.1. The van der Waals surface area contributed by atoms with Crippen molar-refractivity contribution in [3.63, 3.8) is 0 Å². The van der Waals surface area contributed by atoms with Gasteiger partial charge in [0.25, 0.3) is 0 Å². The molecule has 4 N–H and O–H groups in total. The maximum Gasteiger partial charge on any atom is 0.335 e. The Kier molecular flexibility index (Phi) is 4.04. The lowest BCUT2D eigenvalue weighted by Gasteiger charge is -2.23. The van der Waals surface area contributed by atoms with Crippen LogP contribution in [0.4, 0.5) is 11.4 Å². The third kappa shape index (κ3) is 3.13. The van der Waals surface area contributed by atoms with Gasteiger partial charge in [-0.05, 0) is 37.0 Å². The maximum absolute atomic E-state index is 10.8. The predicted molar refractivity (Wildman–Crippen MR) is 69.8 cm³/mol. The van der Waals surface area contributed by atoms with Gasteiger partial charge in [0.05, 0.1) is 23.5 Å². The van der Waals surface area contributed by atoms with Gasteiger partial charge < -0.3 is 20.9 Å². The Morgan fingerprint density at radius 3 is 3.00 bits per heavy atom. The van der Waals surface area contributed by atoms with Crippen LogP contribution in [0.15, 0.2) is 18.2 Å². The van der Waals surface area contributed by atoms with Gasteiger partial charge in [-0.3, -0.25) is 0 Å². The fourth-order valence-electron chi connectivity index (χ4n) is 2.08. The van der Waals surface area contributed by atoms with E-state index in [2.05, 4.69) is 5.32 Å². The minimum atomic E-state index is -0.964. The molecule has 1 aromatic carbocycles. The smallest absolute Gasteiger partial charge is 0.335 e. The van der Waals surface area contributed by atoms with Gasteiger partial charge in [0.15, 0.2) is 0 Å². The SMILES string of the molecule is Nc1cc(C(=O)O)ccc1NCC1CCCOC1. The Balaban J connectivity index is 1.94. The summed E-state index contributed by atoms with van der Waals surface area (Å²) in [4.78, 5) is 10.8. The van der Waals surface area contributed by atoms with Gasteiger partial charge in [-0.2, -0.15) is 0 Å². The first-order chi connectivity index (χ1) is 8.66. The highest BCUT2D eigenvalue weighted by Crippen LogP contribution is 2.21. The summed E-state index contributed by atoms with van der Waals surface area (Å²) in [6, 6.07) is 4.74. The molecule has 5 heteroatoms. The van der Waals surface area contributed by atoms with Crippen LogP contribution >= 0.6 is 0 Å². The molecule has 18 heavy (non-hydrogen) atoms. The van der Waals surface area contributed by atoms with Crippen molar-refractivity contribution in [2.24, 2.45) is 5.92 Å². The summed E-state index contributed by atoms with van der Waals surface area (Å²) < 4.78 is 5.40. The Labute approximate surface area is 106 Å². The number of nitrogen functional groups attached to an aromatic ring is 1. The maximum atomic E-state index is 10.8. The standard InChI is InChI=1S/C13H18N2O3/c14-11-6-10(13(16)17)3-4-12(11)15-7-9-2-1-5-18-8-9/h3-4,6,9,15H,1-2,5,7-8,14H2,(H,16,17). The number of benzene rings is 1. The quantitative estimate of drug-likeness (QED) is 0.710. The monoisotopic (exact) mass is 250 g/mol. The van der Waals surface area contributed by atoms with Crippen molar-refractivity contribution < 1.29 is 14.6 Å². The van der Waals surface area contributed by atoms with Gasteiger partial charge in [0, 0.05) is 13.2 Å². The molecule has 1 aromatic rings.